The van der Waals surface area contributed by atoms with Gasteiger partial charge in [-0.05, 0) is 31.2 Å². The molecule has 16 heavy (non-hydrogen) atoms. The number of nitrogens with one attached hydrogen (secondary N) is 1. The van der Waals surface area contributed by atoms with Crippen LogP contribution in [0.4, 0.5) is 0 Å². The van der Waals surface area contributed by atoms with Gasteiger partial charge in [0.2, 0.25) is 0 Å². The van der Waals surface area contributed by atoms with Crippen molar-refractivity contribution in [1.82, 2.24) is 5.32 Å². The standard InChI is InChI=1S/C13H19NO2/c1-11(2)10-14-8-9-16-13-6-4-12(15-3)5-7-13/h4-7,14H,1,8-10H2,2-3H3. The fraction of sp³-hybridized carbons (Fsp3) is 0.385. The van der Waals surface area contributed by atoms with Crippen molar-refractivity contribution in [1.29, 1.82) is 0 Å². The molecule has 0 atom stereocenters. The smallest absolute Gasteiger partial charge is 0.119 e. The quantitative estimate of drug-likeness (QED) is 0.566. The van der Waals surface area contributed by atoms with E-state index in [1.165, 1.54) is 0 Å². The number of hydrogen-bond acceptors (Lipinski definition) is 3. The van der Waals surface area contributed by atoms with Crippen LogP contribution in [0.3, 0.4) is 0 Å². The molecule has 0 amide bonds. The molecule has 0 unspecified atom stereocenters. The second-order valence-electron chi connectivity index (χ2n) is 3.66. The van der Waals surface area contributed by atoms with Gasteiger partial charge in [-0.15, -0.1) is 0 Å². The number of ether oxygens (including phenoxy) is 2. The molecule has 0 radical (unpaired) electrons. The zero-order valence-electron chi connectivity index (χ0n) is 9.95. The summed E-state index contributed by atoms with van der Waals surface area (Å²) in [4.78, 5) is 0. The molecule has 0 bridgehead atoms. The first-order valence-corrected chi connectivity index (χ1v) is 5.34. The van der Waals surface area contributed by atoms with E-state index in [-0.39, 0.29) is 0 Å². The van der Waals surface area contributed by atoms with Crippen LogP contribution in [0.25, 0.3) is 0 Å². The lowest BCUT2D eigenvalue weighted by atomic mass is 10.3. The van der Waals surface area contributed by atoms with Crippen molar-refractivity contribution in [3.63, 3.8) is 0 Å². The highest BCUT2D eigenvalue weighted by Gasteiger charge is 1.94. The Morgan fingerprint density at radius 2 is 1.88 bits per heavy atom. The first kappa shape index (κ1) is 12.6. The van der Waals surface area contributed by atoms with Crippen molar-refractivity contribution in [2.45, 2.75) is 6.92 Å². The van der Waals surface area contributed by atoms with E-state index in [4.69, 9.17) is 9.47 Å². The molecular weight excluding hydrogens is 202 g/mol. The molecule has 88 valence electrons. The third-order valence-electron chi connectivity index (χ3n) is 2.03. The average Bonchev–Trinajstić information content (AvgIpc) is 2.29. The van der Waals surface area contributed by atoms with Gasteiger partial charge in [-0.2, -0.15) is 0 Å². The largest absolute Gasteiger partial charge is 0.497 e. The van der Waals surface area contributed by atoms with E-state index in [1.54, 1.807) is 7.11 Å². The second-order valence-corrected chi connectivity index (χ2v) is 3.66. The number of methoxy groups -OCH3 is 1. The Bertz CT molecular complexity index is 319. The van der Waals surface area contributed by atoms with E-state index in [1.807, 2.05) is 31.2 Å². The van der Waals surface area contributed by atoms with Gasteiger partial charge < -0.3 is 14.8 Å². The van der Waals surface area contributed by atoms with E-state index in [0.717, 1.165) is 30.2 Å². The van der Waals surface area contributed by atoms with Gasteiger partial charge in [0.05, 0.1) is 7.11 Å². The van der Waals surface area contributed by atoms with Crippen molar-refractivity contribution in [2.24, 2.45) is 0 Å². The fourth-order valence-corrected chi connectivity index (χ4v) is 1.21. The summed E-state index contributed by atoms with van der Waals surface area (Å²) in [6, 6.07) is 7.57. The van der Waals surface area contributed by atoms with Crippen LogP contribution in [0.5, 0.6) is 11.5 Å². The van der Waals surface area contributed by atoms with Crippen LogP contribution < -0.4 is 14.8 Å². The lowest BCUT2D eigenvalue weighted by Crippen LogP contribution is -2.22. The molecule has 0 aliphatic rings. The predicted molar refractivity (Wildman–Crippen MR) is 66.2 cm³/mol. The minimum absolute atomic E-state index is 0.652. The van der Waals surface area contributed by atoms with Crippen LogP contribution in [-0.2, 0) is 0 Å². The monoisotopic (exact) mass is 221 g/mol. The maximum Gasteiger partial charge on any atom is 0.119 e. The van der Waals surface area contributed by atoms with Crippen molar-refractivity contribution >= 4 is 0 Å². The molecule has 1 aromatic rings. The SMILES string of the molecule is C=C(C)CNCCOc1ccc(OC)cc1. The van der Waals surface area contributed by atoms with E-state index < -0.39 is 0 Å². The van der Waals surface area contributed by atoms with Gasteiger partial charge in [0, 0.05) is 13.1 Å². The summed E-state index contributed by atoms with van der Waals surface area (Å²) >= 11 is 0. The summed E-state index contributed by atoms with van der Waals surface area (Å²) in [5.74, 6) is 1.70. The number of benzene rings is 1. The van der Waals surface area contributed by atoms with E-state index in [2.05, 4.69) is 11.9 Å². The molecule has 3 nitrogen and oxygen atoms in total. The normalized spacial score (nSPS) is 9.88. The topological polar surface area (TPSA) is 30.5 Å². The van der Waals surface area contributed by atoms with Gasteiger partial charge in [-0.25, -0.2) is 0 Å². The Morgan fingerprint density at radius 1 is 1.25 bits per heavy atom. The second kappa shape index (κ2) is 6.90. The summed E-state index contributed by atoms with van der Waals surface area (Å²) < 4.78 is 10.6. The predicted octanol–water partition coefficient (Wildman–Crippen LogP) is 2.24. The van der Waals surface area contributed by atoms with Gasteiger partial charge >= 0.3 is 0 Å². The van der Waals surface area contributed by atoms with E-state index in [9.17, 15) is 0 Å². The molecule has 0 aliphatic heterocycles. The van der Waals surface area contributed by atoms with Crippen LogP contribution in [0.15, 0.2) is 36.4 Å². The van der Waals surface area contributed by atoms with Crippen molar-refractivity contribution < 1.29 is 9.47 Å². The summed E-state index contributed by atoms with van der Waals surface area (Å²) in [6.45, 7) is 8.12. The average molecular weight is 221 g/mol. The van der Waals surface area contributed by atoms with Crippen LogP contribution in [0.2, 0.25) is 0 Å². The zero-order chi connectivity index (χ0) is 11.8. The number of rotatable bonds is 7. The Morgan fingerprint density at radius 3 is 2.44 bits per heavy atom. The molecule has 0 spiro atoms. The first-order valence-electron chi connectivity index (χ1n) is 5.34. The van der Waals surface area contributed by atoms with Crippen molar-refractivity contribution in [3.8, 4) is 11.5 Å². The molecule has 1 rings (SSSR count). The van der Waals surface area contributed by atoms with Crippen LogP contribution >= 0.6 is 0 Å². The third-order valence-corrected chi connectivity index (χ3v) is 2.03. The number of hydrogen-bond donors (Lipinski definition) is 1. The first-order chi connectivity index (χ1) is 7.72. The summed E-state index contributed by atoms with van der Waals surface area (Å²) in [5.41, 5.74) is 1.13. The van der Waals surface area contributed by atoms with Gasteiger partial charge in [0.15, 0.2) is 0 Å². The zero-order valence-corrected chi connectivity index (χ0v) is 9.95. The van der Waals surface area contributed by atoms with Crippen LogP contribution in [0.1, 0.15) is 6.92 Å². The minimum Gasteiger partial charge on any atom is -0.497 e. The maximum atomic E-state index is 5.54. The lowest BCUT2D eigenvalue weighted by Gasteiger charge is -2.08. The van der Waals surface area contributed by atoms with Crippen molar-refractivity contribution in [2.75, 3.05) is 26.8 Å². The van der Waals surface area contributed by atoms with Crippen LogP contribution in [-0.4, -0.2) is 26.8 Å². The highest BCUT2D eigenvalue weighted by molar-refractivity contribution is 5.31. The van der Waals surface area contributed by atoms with Gasteiger partial charge in [-0.1, -0.05) is 12.2 Å². The molecule has 0 aromatic heterocycles. The van der Waals surface area contributed by atoms with E-state index >= 15 is 0 Å². The molecule has 0 saturated heterocycles. The van der Waals surface area contributed by atoms with E-state index in [0.29, 0.717) is 6.61 Å². The Labute approximate surface area is 97.1 Å². The highest BCUT2D eigenvalue weighted by atomic mass is 16.5. The molecule has 0 fully saturated rings. The molecule has 0 saturated carbocycles. The Kier molecular flexibility index (Phi) is 5.43. The Balaban J connectivity index is 2.19. The molecule has 1 N–H and O–H groups in total. The molecule has 3 heteroatoms. The van der Waals surface area contributed by atoms with Gasteiger partial charge in [-0.3, -0.25) is 0 Å². The van der Waals surface area contributed by atoms with Gasteiger partial charge in [0.1, 0.15) is 18.1 Å². The third kappa shape index (κ3) is 4.84. The minimum atomic E-state index is 0.652. The summed E-state index contributed by atoms with van der Waals surface area (Å²) in [5, 5.41) is 3.23. The van der Waals surface area contributed by atoms with Gasteiger partial charge in [0.25, 0.3) is 0 Å². The molecular formula is C13H19NO2. The molecule has 1 aromatic carbocycles. The molecule has 0 aliphatic carbocycles. The highest BCUT2D eigenvalue weighted by Crippen LogP contribution is 2.16. The molecule has 0 heterocycles. The summed E-state index contributed by atoms with van der Waals surface area (Å²) in [6.07, 6.45) is 0. The Hall–Kier alpha value is -1.48. The van der Waals surface area contributed by atoms with Crippen molar-refractivity contribution in [3.05, 3.63) is 36.4 Å². The maximum absolute atomic E-state index is 5.54. The summed E-state index contributed by atoms with van der Waals surface area (Å²) in [7, 11) is 1.65. The fourth-order valence-electron chi connectivity index (χ4n) is 1.21. The van der Waals surface area contributed by atoms with Crippen LogP contribution in [0, 0.1) is 0 Å². The lowest BCUT2D eigenvalue weighted by molar-refractivity contribution is 0.315.